The SMILES string of the molecule is ClCC1(CC2CCC3(CCCC3)O2)CCCC1. The Kier molecular flexibility index (Phi) is 3.42. The van der Waals surface area contributed by atoms with Crippen LogP contribution in [0.4, 0.5) is 0 Å². The minimum absolute atomic E-state index is 0.302. The van der Waals surface area contributed by atoms with Gasteiger partial charge in [0.1, 0.15) is 0 Å². The highest BCUT2D eigenvalue weighted by Gasteiger charge is 2.45. The standard InChI is InChI=1S/C15H25ClO/c16-12-14(6-1-2-7-14)11-13-5-10-15(17-13)8-3-4-9-15/h13H,1-12H2. The van der Waals surface area contributed by atoms with Gasteiger partial charge in [-0.25, -0.2) is 0 Å². The summed E-state index contributed by atoms with van der Waals surface area (Å²) in [6, 6.07) is 0. The summed E-state index contributed by atoms with van der Waals surface area (Å²) in [6.07, 6.45) is 15.2. The maximum Gasteiger partial charge on any atom is 0.0687 e. The molecule has 0 aromatic carbocycles. The third kappa shape index (κ3) is 2.38. The molecule has 0 bridgehead atoms. The smallest absolute Gasteiger partial charge is 0.0687 e. The van der Waals surface area contributed by atoms with Gasteiger partial charge in [-0.3, -0.25) is 0 Å². The van der Waals surface area contributed by atoms with Crippen molar-refractivity contribution in [3.8, 4) is 0 Å². The Morgan fingerprint density at radius 3 is 2.24 bits per heavy atom. The molecular weight excluding hydrogens is 232 g/mol. The zero-order valence-electron chi connectivity index (χ0n) is 10.8. The van der Waals surface area contributed by atoms with Crippen LogP contribution in [0, 0.1) is 5.41 Å². The minimum Gasteiger partial charge on any atom is -0.372 e. The van der Waals surface area contributed by atoms with E-state index in [-0.39, 0.29) is 0 Å². The Labute approximate surface area is 110 Å². The third-order valence-corrected chi connectivity index (χ3v) is 6.03. The van der Waals surface area contributed by atoms with E-state index in [9.17, 15) is 0 Å². The van der Waals surface area contributed by atoms with Crippen molar-refractivity contribution < 1.29 is 4.74 Å². The third-order valence-electron chi connectivity index (χ3n) is 5.46. The van der Waals surface area contributed by atoms with Crippen molar-refractivity contribution >= 4 is 11.6 Å². The molecule has 1 nitrogen and oxygen atoms in total. The summed E-state index contributed by atoms with van der Waals surface area (Å²) in [5.74, 6) is 0.847. The van der Waals surface area contributed by atoms with Crippen LogP contribution in [-0.4, -0.2) is 17.6 Å². The summed E-state index contributed by atoms with van der Waals surface area (Å²) in [7, 11) is 0. The van der Waals surface area contributed by atoms with E-state index in [0.717, 1.165) is 5.88 Å². The predicted octanol–water partition coefficient (Wildman–Crippen LogP) is 4.67. The van der Waals surface area contributed by atoms with Gasteiger partial charge >= 0.3 is 0 Å². The lowest BCUT2D eigenvalue weighted by Gasteiger charge is -2.31. The first-order valence-corrected chi connectivity index (χ1v) is 8.03. The lowest BCUT2D eigenvalue weighted by molar-refractivity contribution is -0.0510. The monoisotopic (exact) mass is 256 g/mol. The maximum atomic E-state index is 6.44. The van der Waals surface area contributed by atoms with Crippen LogP contribution < -0.4 is 0 Å². The molecule has 3 fully saturated rings. The van der Waals surface area contributed by atoms with Gasteiger partial charge in [0.05, 0.1) is 11.7 Å². The number of hydrogen-bond donors (Lipinski definition) is 0. The average molecular weight is 257 g/mol. The molecule has 1 unspecified atom stereocenters. The van der Waals surface area contributed by atoms with Gasteiger partial charge in [-0.15, -0.1) is 11.6 Å². The van der Waals surface area contributed by atoms with Gasteiger partial charge in [0, 0.05) is 5.88 Å². The summed E-state index contributed by atoms with van der Waals surface area (Å²) in [4.78, 5) is 0. The highest BCUT2D eigenvalue weighted by molar-refractivity contribution is 6.18. The van der Waals surface area contributed by atoms with Crippen molar-refractivity contribution in [1.29, 1.82) is 0 Å². The second-order valence-electron chi connectivity index (χ2n) is 6.71. The molecule has 2 heteroatoms. The normalized spacial score (nSPS) is 34.8. The van der Waals surface area contributed by atoms with Crippen molar-refractivity contribution in [3.05, 3.63) is 0 Å². The van der Waals surface area contributed by atoms with Crippen LogP contribution in [-0.2, 0) is 4.74 Å². The number of halogens is 1. The molecule has 2 saturated carbocycles. The van der Waals surface area contributed by atoms with Crippen LogP contribution in [0.1, 0.15) is 70.6 Å². The summed E-state index contributed by atoms with van der Waals surface area (Å²) in [5, 5.41) is 0. The molecule has 0 amide bonds. The molecule has 0 aromatic rings. The Bertz CT molecular complexity index is 264. The predicted molar refractivity (Wildman–Crippen MR) is 71.5 cm³/mol. The molecular formula is C15H25ClO. The van der Waals surface area contributed by atoms with E-state index in [1.165, 1.54) is 70.6 Å². The van der Waals surface area contributed by atoms with Crippen LogP contribution in [0.25, 0.3) is 0 Å². The second-order valence-corrected chi connectivity index (χ2v) is 6.98. The molecule has 1 aliphatic heterocycles. The lowest BCUT2D eigenvalue weighted by atomic mass is 9.82. The van der Waals surface area contributed by atoms with Crippen LogP contribution >= 0.6 is 11.6 Å². The Hall–Kier alpha value is 0.250. The van der Waals surface area contributed by atoms with E-state index < -0.39 is 0 Å². The number of rotatable bonds is 3. The summed E-state index contributed by atoms with van der Waals surface area (Å²) in [5.41, 5.74) is 0.729. The zero-order chi connectivity index (χ0) is 11.8. The molecule has 3 rings (SSSR count). The van der Waals surface area contributed by atoms with Crippen LogP contribution in [0.5, 0.6) is 0 Å². The van der Waals surface area contributed by atoms with Crippen molar-refractivity contribution in [1.82, 2.24) is 0 Å². The van der Waals surface area contributed by atoms with Crippen LogP contribution in [0.3, 0.4) is 0 Å². The van der Waals surface area contributed by atoms with Gasteiger partial charge in [0.15, 0.2) is 0 Å². The maximum absolute atomic E-state index is 6.44. The van der Waals surface area contributed by atoms with E-state index >= 15 is 0 Å². The van der Waals surface area contributed by atoms with Crippen molar-refractivity contribution in [2.75, 3.05) is 5.88 Å². The Morgan fingerprint density at radius 2 is 1.59 bits per heavy atom. The molecule has 3 aliphatic rings. The fourth-order valence-electron chi connectivity index (χ4n) is 4.43. The fourth-order valence-corrected chi connectivity index (χ4v) is 4.80. The molecule has 1 saturated heterocycles. The first-order chi connectivity index (χ1) is 8.26. The molecule has 0 aromatic heterocycles. The number of hydrogen-bond acceptors (Lipinski definition) is 1. The van der Waals surface area contributed by atoms with E-state index in [2.05, 4.69) is 0 Å². The molecule has 0 N–H and O–H groups in total. The second kappa shape index (κ2) is 4.74. The fraction of sp³-hybridized carbons (Fsp3) is 1.00. The van der Waals surface area contributed by atoms with Gasteiger partial charge in [0.25, 0.3) is 0 Å². The van der Waals surface area contributed by atoms with Crippen LogP contribution in [0.15, 0.2) is 0 Å². The van der Waals surface area contributed by atoms with E-state index in [1.807, 2.05) is 0 Å². The highest BCUT2D eigenvalue weighted by Crippen LogP contribution is 2.49. The lowest BCUT2D eigenvalue weighted by Crippen LogP contribution is -2.29. The van der Waals surface area contributed by atoms with Gasteiger partial charge in [-0.2, -0.15) is 0 Å². The van der Waals surface area contributed by atoms with Gasteiger partial charge < -0.3 is 4.74 Å². The molecule has 17 heavy (non-hydrogen) atoms. The quantitative estimate of drug-likeness (QED) is 0.667. The molecule has 2 aliphatic carbocycles. The molecule has 1 heterocycles. The summed E-state index contributed by atoms with van der Waals surface area (Å²) in [6.45, 7) is 0. The summed E-state index contributed by atoms with van der Waals surface area (Å²) < 4.78 is 6.44. The minimum atomic E-state index is 0.302. The Morgan fingerprint density at radius 1 is 0.941 bits per heavy atom. The van der Waals surface area contributed by atoms with E-state index in [0.29, 0.717) is 17.1 Å². The van der Waals surface area contributed by atoms with E-state index in [4.69, 9.17) is 16.3 Å². The summed E-state index contributed by atoms with van der Waals surface area (Å²) >= 11 is 6.24. The molecule has 0 radical (unpaired) electrons. The average Bonchev–Trinajstić information content (AvgIpc) is 3.04. The van der Waals surface area contributed by atoms with Gasteiger partial charge in [-0.1, -0.05) is 25.7 Å². The molecule has 1 spiro atoms. The Balaban J connectivity index is 1.59. The highest BCUT2D eigenvalue weighted by atomic mass is 35.5. The largest absolute Gasteiger partial charge is 0.372 e. The van der Waals surface area contributed by atoms with Crippen molar-refractivity contribution in [2.45, 2.75) is 82.3 Å². The van der Waals surface area contributed by atoms with Crippen molar-refractivity contribution in [3.63, 3.8) is 0 Å². The van der Waals surface area contributed by atoms with E-state index in [1.54, 1.807) is 0 Å². The van der Waals surface area contributed by atoms with Gasteiger partial charge in [0.2, 0.25) is 0 Å². The molecule has 1 atom stereocenters. The number of ether oxygens (including phenoxy) is 1. The van der Waals surface area contributed by atoms with Gasteiger partial charge in [-0.05, 0) is 50.4 Å². The van der Waals surface area contributed by atoms with Crippen LogP contribution in [0.2, 0.25) is 0 Å². The van der Waals surface area contributed by atoms with Crippen molar-refractivity contribution in [2.24, 2.45) is 5.41 Å². The topological polar surface area (TPSA) is 9.23 Å². The zero-order valence-corrected chi connectivity index (χ0v) is 11.6. The number of alkyl halides is 1. The first kappa shape index (κ1) is 12.3. The molecule has 98 valence electrons. The first-order valence-electron chi connectivity index (χ1n) is 7.50.